The zero-order chi connectivity index (χ0) is 22.1. The smallest absolute Gasteiger partial charge is 0.254 e. The molecule has 1 heterocycles. The SMILES string of the molecule is CN/C=C\C(=N)c1ccc(Cc2cc3c(c(C)c2C)CN(C2CCCC2)C3=O)c(F)c1. The quantitative estimate of drug-likeness (QED) is 0.645. The molecule has 2 aliphatic rings. The maximum atomic E-state index is 14.9. The monoisotopic (exact) mass is 419 g/mol. The second-order valence-corrected chi connectivity index (χ2v) is 8.70. The molecule has 2 aromatic rings. The zero-order valence-corrected chi connectivity index (χ0v) is 18.5. The molecule has 0 atom stereocenters. The van der Waals surface area contributed by atoms with E-state index in [2.05, 4.69) is 19.2 Å². The van der Waals surface area contributed by atoms with Crippen molar-refractivity contribution in [3.8, 4) is 0 Å². The molecule has 0 bridgehead atoms. The normalized spacial score (nSPS) is 16.4. The van der Waals surface area contributed by atoms with Gasteiger partial charge in [0.15, 0.2) is 0 Å². The van der Waals surface area contributed by atoms with Crippen LogP contribution >= 0.6 is 0 Å². The topological polar surface area (TPSA) is 56.2 Å². The van der Waals surface area contributed by atoms with Gasteiger partial charge in [0, 0.05) is 37.2 Å². The van der Waals surface area contributed by atoms with Gasteiger partial charge < -0.3 is 15.6 Å². The van der Waals surface area contributed by atoms with Crippen molar-refractivity contribution in [2.24, 2.45) is 0 Å². The van der Waals surface area contributed by atoms with E-state index in [4.69, 9.17) is 5.41 Å². The fourth-order valence-electron chi connectivity index (χ4n) is 4.85. The van der Waals surface area contributed by atoms with Gasteiger partial charge in [-0.2, -0.15) is 0 Å². The zero-order valence-electron chi connectivity index (χ0n) is 18.5. The molecule has 1 saturated carbocycles. The molecule has 0 spiro atoms. The number of fused-ring (bicyclic) bond motifs is 1. The molecule has 2 aromatic carbocycles. The van der Waals surface area contributed by atoms with Gasteiger partial charge in [-0.3, -0.25) is 4.79 Å². The minimum absolute atomic E-state index is 0.131. The first kappa shape index (κ1) is 21.3. The molecule has 0 radical (unpaired) electrons. The van der Waals surface area contributed by atoms with Gasteiger partial charge in [0.25, 0.3) is 5.91 Å². The van der Waals surface area contributed by atoms with Crippen LogP contribution in [0.25, 0.3) is 0 Å². The van der Waals surface area contributed by atoms with E-state index in [9.17, 15) is 9.18 Å². The van der Waals surface area contributed by atoms with Crippen LogP contribution in [0, 0.1) is 25.1 Å². The van der Waals surface area contributed by atoms with Crippen LogP contribution in [-0.4, -0.2) is 29.6 Å². The Hall–Kier alpha value is -2.95. The van der Waals surface area contributed by atoms with Gasteiger partial charge in [0.1, 0.15) is 5.82 Å². The summed E-state index contributed by atoms with van der Waals surface area (Å²) in [5.74, 6) is -0.191. The lowest BCUT2D eigenvalue weighted by molar-refractivity contribution is 0.0707. The van der Waals surface area contributed by atoms with Gasteiger partial charge in [0.05, 0.1) is 5.71 Å². The summed E-state index contributed by atoms with van der Waals surface area (Å²) in [4.78, 5) is 15.2. The van der Waals surface area contributed by atoms with E-state index in [-0.39, 0.29) is 17.4 Å². The lowest BCUT2D eigenvalue weighted by Gasteiger charge is -2.23. The number of carbonyl (C=O) groups is 1. The van der Waals surface area contributed by atoms with Crippen LogP contribution in [0.3, 0.4) is 0 Å². The fraction of sp³-hybridized carbons (Fsp3) is 0.385. The molecule has 2 N–H and O–H groups in total. The molecule has 1 aliphatic carbocycles. The standard InChI is InChI=1S/C26H30FN3O/c1-16-17(2)23-15-30(21-6-4-5-7-21)26(31)22(23)13-20(16)12-18-8-9-19(14-24(18)27)25(28)10-11-29-3/h8-11,13-14,21,28-29H,4-7,12,15H2,1-3H3/b11-10-,28-25?. The predicted molar refractivity (Wildman–Crippen MR) is 122 cm³/mol. The molecule has 4 nitrogen and oxygen atoms in total. The summed E-state index contributed by atoms with van der Waals surface area (Å²) in [6.45, 7) is 4.85. The third-order valence-corrected chi connectivity index (χ3v) is 6.89. The van der Waals surface area contributed by atoms with Gasteiger partial charge in [-0.15, -0.1) is 0 Å². The molecule has 1 amide bonds. The predicted octanol–water partition coefficient (Wildman–Crippen LogP) is 5.03. The molecule has 0 unspecified atom stereocenters. The van der Waals surface area contributed by atoms with Crippen LogP contribution in [-0.2, 0) is 13.0 Å². The van der Waals surface area contributed by atoms with Crippen molar-refractivity contribution in [1.29, 1.82) is 5.41 Å². The number of allylic oxidation sites excluding steroid dienone is 1. The van der Waals surface area contributed by atoms with Crippen molar-refractivity contribution < 1.29 is 9.18 Å². The third-order valence-electron chi connectivity index (χ3n) is 6.89. The molecule has 0 saturated heterocycles. The van der Waals surface area contributed by atoms with Crippen LogP contribution in [0.1, 0.15) is 69.4 Å². The Balaban J connectivity index is 1.61. The second-order valence-electron chi connectivity index (χ2n) is 8.70. The van der Waals surface area contributed by atoms with E-state index in [0.717, 1.165) is 40.7 Å². The van der Waals surface area contributed by atoms with Crippen LogP contribution in [0.15, 0.2) is 36.5 Å². The van der Waals surface area contributed by atoms with Crippen LogP contribution in [0.2, 0.25) is 0 Å². The summed E-state index contributed by atoms with van der Waals surface area (Å²) in [6, 6.07) is 7.30. The summed E-state index contributed by atoms with van der Waals surface area (Å²) in [7, 11) is 1.76. The molecular weight excluding hydrogens is 389 g/mol. The van der Waals surface area contributed by atoms with E-state index in [1.54, 1.807) is 31.5 Å². The highest BCUT2D eigenvalue weighted by atomic mass is 19.1. The lowest BCUT2D eigenvalue weighted by Crippen LogP contribution is -2.33. The largest absolute Gasteiger partial charge is 0.394 e. The molecular formula is C26H30FN3O. The molecule has 1 fully saturated rings. The van der Waals surface area contributed by atoms with Crippen LogP contribution in [0.5, 0.6) is 0 Å². The highest BCUT2D eigenvalue weighted by Crippen LogP contribution is 2.35. The number of halogens is 1. The van der Waals surface area contributed by atoms with Crippen molar-refractivity contribution in [2.45, 2.75) is 58.5 Å². The Bertz CT molecular complexity index is 1070. The van der Waals surface area contributed by atoms with Crippen molar-refractivity contribution in [3.63, 3.8) is 0 Å². The number of nitrogens with one attached hydrogen (secondary N) is 2. The lowest BCUT2D eigenvalue weighted by atomic mass is 9.91. The summed E-state index contributed by atoms with van der Waals surface area (Å²) in [5, 5.41) is 10.9. The Kier molecular flexibility index (Phi) is 5.94. The Labute approximate surface area is 183 Å². The summed E-state index contributed by atoms with van der Waals surface area (Å²) in [6.07, 6.45) is 8.28. The molecule has 4 rings (SSSR count). The summed E-state index contributed by atoms with van der Waals surface area (Å²) >= 11 is 0. The first-order valence-electron chi connectivity index (χ1n) is 11.0. The number of carbonyl (C=O) groups excluding carboxylic acids is 1. The van der Waals surface area contributed by atoms with Gasteiger partial charge >= 0.3 is 0 Å². The van der Waals surface area contributed by atoms with Crippen molar-refractivity contribution in [1.82, 2.24) is 10.2 Å². The van der Waals surface area contributed by atoms with Crippen LogP contribution < -0.4 is 5.32 Å². The number of nitrogens with zero attached hydrogens (tertiary/aromatic N) is 1. The Morgan fingerprint density at radius 3 is 2.61 bits per heavy atom. The minimum atomic E-state index is -0.323. The van der Waals surface area contributed by atoms with E-state index in [0.29, 0.717) is 30.1 Å². The highest BCUT2D eigenvalue weighted by molar-refractivity contribution is 6.06. The van der Waals surface area contributed by atoms with Gasteiger partial charge in [-0.25, -0.2) is 4.39 Å². The highest BCUT2D eigenvalue weighted by Gasteiger charge is 2.35. The van der Waals surface area contributed by atoms with Crippen LogP contribution in [0.4, 0.5) is 4.39 Å². The van der Waals surface area contributed by atoms with E-state index < -0.39 is 0 Å². The van der Waals surface area contributed by atoms with Crippen molar-refractivity contribution in [2.75, 3.05) is 7.05 Å². The maximum Gasteiger partial charge on any atom is 0.254 e. The van der Waals surface area contributed by atoms with Gasteiger partial charge in [0.2, 0.25) is 0 Å². The maximum absolute atomic E-state index is 14.9. The molecule has 162 valence electrons. The third kappa shape index (κ3) is 4.01. The number of hydrogen-bond acceptors (Lipinski definition) is 3. The first-order valence-corrected chi connectivity index (χ1v) is 11.0. The fourth-order valence-corrected chi connectivity index (χ4v) is 4.85. The molecule has 1 aliphatic heterocycles. The number of amides is 1. The summed E-state index contributed by atoms with van der Waals surface area (Å²) in [5.41, 5.74) is 6.58. The van der Waals surface area contributed by atoms with Gasteiger partial charge in [-0.05, 0) is 78.9 Å². The number of benzene rings is 2. The molecule has 5 heteroatoms. The Morgan fingerprint density at radius 1 is 1.19 bits per heavy atom. The first-order chi connectivity index (χ1) is 14.9. The minimum Gasteiger partial charge on any atom is -0.394 e. The van der Waals surface area contributed by atoms with Crippen molar-refractivity contribution >= 4 is 11.6 Å². The summed E-state index contributed by atoms with van der Waals surface area (Å²) < 4.78 is 14.9. The Morgan fingerprint density at radius 2 is 1.94 bits per heavy atom. The average Bonchev–Trinajstić information content (AvgIpc) is 3.40. The average molecular weight is 420 g/mol. The van der Waals surface area contributed by atoms with Gasteiger partial charge in [-0.1, -0.05) is 25.0 Å². The van der Waals surface area contributed by atoms with E-state index in [1.165, 1.54) is 18.9 Å². The molecule has 0 aromatic heterocycles. The van der Waals surface area contributed by atoms with E-state index in [1.807, 2.05) is 11.0 Å². The molecule has 31 heavy (non-hydrogen) atoms. The second kappa shape index (κ2) is 8.66. The number of rotatable bonds is 6. The number of hydrogen-bond donors (Lipinski definition) is 2. The van der Waals surface area contributed by atoms with Crippen molar-refractivity contribution in [3.05, 3.63) is 81.3 Å². The van der Waals surface area contributed by atoms with E-state index >= 15 is 0 Å².